The molecule has 3 atom stereocenters. The molecule has 2 aliphatic carbocycles. The first-order chi connectivity index (χ1) is 13.7. The number of benzene rings is 1. The fourth-order valence-corrected chi connectivity index (χ4v) is 5.98. The maximum Gasteiger partial charge on any atom is 0.317 e. The van der Waals surface area contributed by atoms with Gasteiger partial charge in [0.25, 0.3) is 0 Å². The summed E-state index contributed by atoms with van der Waals surface area (Å²) < 4.78 is 79.6. The molecule has 0 spiro atoms. The van der Waals surface area contributed by atoms with E-state index in [9.17, 15) is 26.7 Å². The van der Waals surface area contributed by atoms with Crippen molar-refractivity contribution in [3.05, 3.63) is 29.1 Å². The van der Waals surface area contributed by atoms with E-state index in [2.05, 4.69) is 33.9 Å². The van der Waals surface area contributed by atoms with Crippen LogP contribution in [0.25, 0.3) is 0 Å². The van der Waals surface area contributed by atoms with Gasteiger partial charge in [0.1, 0.15) is 0 Å². The van der Waals surface area contributed by atoms with Gasteiger partial charge in [0, 0.05) is 0 Å². The summed E-state index contributed by atoms with van der Waals surface area (Å²) in [6.07, 6.45) is 3.69. The predicted octanol–water partition coefficient (Wildman–Crippen LogP) is 6.26. The van der Waals surface area contributed by atoms with Crippen molar-refractivity contribution < 1.29 is 35.9 Å². The predicted molar refractivity (Wildman–Crippen MR) is 103 cm³/mol. The van der Waals surface area contributed by atoms with Crippen molar-refractivity contribution in [2.45, 2.75) is 76.6 Å². The molecule has 0 heterocycles. The summed E-state index contributed by atoms with van der Waals surface area (Å²) in [6.45, 7) is 10.3. The normalized spacial score (nSPS) is 26.7. The highest BCUT2D eigenvalue weighted by Crippen LogP contribution is 2.58. The first-order valence-electron chi connectivity index (χ1n) is 10.2. The van der Waals surface area contributed by atoms with Gasteiger partial charge in [-0.05, 0) is 43.3 Å². The molecular weight excluding hydrogens is 423 g/mol. The van der Waals surface area contributed by atoms with E-state index >= 15 is 0 Å². The smallest absolute Gasteiger partial charge is 0.317 e. The van der Waals surface area contributed by atoms with E-state index in [-0.39, 0.29) is 11.0 Å². The molecule has 3 rings (SSSR count). The topological polar surface area (TPSA) is 35.5 Å². The van der Waals surface area contributed by atoms with E-state index in [0.717, 1.165) is 19.3 Å². The summed E-state index contributed by atoms with van der Waals surface area (Å²) in [5.74, 6) is -14.2. The Kier molecular flexibility index (Phi) is 5.86. The Labute approximate surface area is 174 Å². The highest BCUT2D eigenvalue weighted by Gasteiger charge is 2.63. The number of rotatable bonds is 4. The summed E-state index contributed by atoms with van der Waals surface area (Å²) in [4.78, 5) is 12.8. The van der Waals surface area contributed by atoms with E-state index in [4.69, 9.17) is 9.16 Å². The van der Waals surface area contributed by atoms with Crippen LogP contribution in [0.4, 0.5) is 22.0 Å². The van der Waals surface area contributed by atoms with Crippen molar-refractivity contribution in [2.75, 3.05) is 0 Å². The summed E-state index contributed by atoms with van der Waals surface area (Å²) >= 11 is 0. The Bertz CT molecular complexity index is 838. The second-order valence-electron chi connectivity index (χ2n) is 9.87. The molecule has 9 heteroatoms. The van der Waals surface area contributed by atoms with Gasteiger partial charge in [-0.25, -0.2) is 13.2 Å². The first-order valence-corrected chi connectivity index (χ1v) is 13.1. The molecule has 0 amide bonds. The average Bonchev–Trinajstić information content (AvgIpc) is 2.64. The number of ether oxygens (including phenoxy) is 1. The second kappa shape index (κ2) is 7.58. The lowest BCUT2D eigenvalue weighted by Crippen LogP contribution is -2.66. The quantitative estimate of drug-likeness (QED) is 0.136. The monoisotopic (exact) mass is 450 g/mol. The number of halogens is 5. The standard InChI is InChI=1S/C21H27F5O3Si/c1-20(2,3)30(4,5)29-21-9-7-6-8-11(21)10-12(21)19(27)28-18-16(25)14(23)13(22)15(24)17(18)26/h11-12H,6-10H2,1-5H3/t11-,12+,21+/m0/s1. The van der Waals surface area contributed by atoms with Crippen LogP contribution in [0.2, 0.25) is 18.1 Å². The Morgan fingerprint density at radius 1 is 0.967 bits per heavy atom. The number of esters is 1. The van der Waals surface area contributed by atoms with E-state index in [1.165, 1.54) is 0 Å². The minimum Gasteiger partial charge on any atom is -0.420 e. The van der Waals surface area contributed by atoms with Crippen LogP contribution in [0, 0.1) is 40.9 Å². The van der Waals surface area contributed by atoms with Gasteiger partial charge < -0.3 is 9.16 Å². The molecule has 0 aromatic heterocycles. The van der Waals surface area contributed by atoms with Crippen molar-refractivity contribution in [1.82, 2.24) is 0 Å². The van der Waals surface area contributed by atoms with Gasteiger partial charge in [-0.2, -0.15) is 8.78 Å². The third kappa shape index (κ3) is 3.57. The average molecular weight is 451 g/mol. The molecule has 1 aromatic carbocycles. The molecule has 0 saturated heterocycles. The lowest BCUT2D eigenvalue weighted by Gasteiger charge is -2.60. The molecule has 0 aliphatic heterocycles. The molecule has 1 aromatic rings. The van der Waals surface area contributed by atoms with Gasteiger partial charge in [0.2, 0.25) is 34.8 Å². The fraction of sp³-hybridized carbons (Fsp3) is 0.667. The van der Waals surface area contributed by atoms with Crippen molar-refractivity contribution in [1.29, 1.82) is 0 Å². The van der Waals surface area contributed by atoms with Gasteiger partial charge in [-0.1, -0.05) is 33.6 Å². The zero-order valence-electron chi connectivity index (χ0n) is 17.8. The van der Waals surface area contributed by atoms with Crippen LogP contribution in [0.3, 0.4) is 0 Å². The van der Waals surface area contributed by atoms with E-state index < -0.39 is 60.6 Å². The van der Waals surface area contributed by atoms with Gasteiger partial charge >= 0.3 is 5.97 Å². The van der Waals surface area contributed by atoms with Gasteiger partial charge in [-0.3, -0.25) is 4.79 Å². The van der Waals surface area contributed by atoms with Crippen LogP contribution in [-0.4, -0.2) is 19.9 Å². The number of hydrogen-bond donors (Lipinski definition) is 0. The highest BCUT2D eigenvalue weighted by molar-refractivity contribution is 6.74. The van der Waals surface area contributed by atoms with Crippen molar-refractivity contribution in [2.24, 2.45) is 11.8 Å². The van der Waals surface area contributed by atoms with Crippen LogP contribution >= 0.6 is 0 Å². The molecule has 0 radical (unpaired) electrons. The molecule has 2 aliphatic rings. The maximum atomic E-state index is 14.0. The number of carbonyl (C=O) groups excluding carboxylic acids is 1. The first kappa shape index (κ1) is 23.2. The van der Waals surface area contributed by atoms with E-state index in [0.29, 0.717) is 12.8 Å². The maximum absolute atomic E-state index is 14.0. The molecule has 0 unspecified atom stereocenters. The Balaban J connectivity index is 1.91. The van der Waals surface area contributed by atoms with E-state index in [1.807, 2.05) is 0 Å². The van der Waals surface area contributed by atoms with E-state index in [1.54, 1.807) is 0 Å². The molecule has 168 valence electrons. The molecule has 0 N–H and O–H groups in total. The zero-order chi connectivity index (χ0) is 22.6. The third-order valence-electron chi connectivity index (χ3n) is 7.08. The van der Waals surface area contributed by atoms with Crippen LogP contribution in [0.5, 0.6) is 5.75 Å². The molecule has 30 heavy (non-hydrogen) atoms. The van der Waals surface area contributed by atoms with Gasteiger partial charge in [-0.15, -0.1) is 0 Å². The van der Waals surface area contributed by atoms with Crippen molar-refractivity contribution in [3.8, 4) is 5.75 Å². The molecule has 3 nitrogen and oxygen atoms in total. The number of fused-ring (bicyclic) bond motifs is 1. The van der Waals surface area contributed by atoms with Crippen molar-refractivity contribution in [3.63, 3.8) is 0 Å². The summed E-state index contributed by atoms with van der Waals surface area (Å²) in [7, 11) is -2.31. The molecule has 2 saturated carbocycles. The summed E-state index contributed by atoms with van der Waals surface area (Å²) in [5.41, 5.74) is -0.817. The third-order valence-corrected chi connectivity index (χ3v) is 11.6. The van der Waals surface area contributed by atoms with Crippen LogP contribution in [0.1, 0.15) is 52.9 Å². The van der Waals surface area contributed by atoms with Crippen LogP contribution in [0.15, 0.2) is 0 Å². The van der Waals surface area contributed by atoms with Gasteiger partial charge in [0.05, 0.1) is 11.5 Å². The molecule has 0 bridgehead atoms. The summed E-state index contributed by atoms with van der Waals surface area (Å²) in [6, 6.07) is 0. The lowest BCUT2D eigenvalue weighted by atomic mass is 9.55. The largest absolute Gasteiger partial charge is 0.420 e. The van der Waals surface area contributed by atoms with Gasteiger partial charge in [0.15, 0.2) is 8.32 Å². The molecule has 2 fully saturated rings. The second-order valence-corrected chi connectivity index (χ2v) is 14.6. The van der Waals surface area contributed by atoms with Crippen LogP contribution < -0.4 is 4.74 Å². The Morgan fingerprint density at radius 2 is 1.50 bits per heavy atom. The SMILES string of the molecule is CC(C)(C)[Si](C)(C)O[C@]12CCCC[C@H]1C[C@@H]2C(=O)Oc1c(F)c(F)c(F)c(F)c1F. The zero-order valence-corrected chi connectivity index (χ0v) is 18.8. The Hall–Kier alpha value is -1.48. The summed E-state index contributed by atoms with van der Waals surface area (Å²) in [5, 5.41) is -0.130. The minimum absolute atomic E-state index is 0.106. The van der Waals surface area contributed by atoms with Crippen molar-refractivity contribution >= 4 is 14.3 Å². The van der Waals surface area contributed by atoms with Crippen LogP contribution in [-0.2, 0) is 9.22 Å². The number of carbonyl (C=O) groups is 1. The highest BCUT2D eigenvalue weighted by atomic mass is 28.4. The molecular formula is C21H27F5O3Si. The fourth-order valence-electron chi connectivity index (χ4n) is 4.32. The lowest BCUT2D eigenvalue weighted by molar-refractivity contribution is -0.187. The number of hydrogen-bond acceptors (Lipinski definition) is 3. The Morgan fingerprint density at radius 3 is 2.00 bits per heavy atom. The minimum atomic E-state index is -2.31.